The van der Waals surface area contributed by atoms with Crippen LogP contribution < -0.4 is 5.32 Å². The second-order valence-corrected chi connectivity index (χ2v) is 9.86. The zero-order chi connectivity index (χ0) is 21.0. The van der Waals surface area contributed by atoms with E-state index >= 15 is 0 Å². The van der Waals surface area contributed by atoms with Gasteiger partial charge in [-0.25, -0.2) is 13.4 Å². The van der Waals surface area contributed by atoms with E-state index in [0.717, 1.165) is 22.0 Å². The van der Waals surface area contributed by atoms with Gasteiger partial charge in [0.05, 0.1) is 22.1 Å². The summed E-state index contributed by atoms with van der Waals surface area (Å²) < 4.78 is 26.0. The van der Waals surface area contributed by atoms with Gasteiger partial charge in [-0.05, 0) is 49.2 Å². The van der Waals surface area contributed by atoms with Crippen molar-refractivity contribution in [3.8, 4) is 5.69 Å². The highest BCUT2D eigenvalue weighted by atomic mass is 32.2. The van der Waals surface area contributed by atoms with Gasteiger partial charge in [0.1, 0.15) is 0 Å². The van der Waals surface area contributed by atoms with E-state index in [1.807, 2.05) is 24.6 Å². The van der Waals surface area contributed by atoms with Crippen LogP contribution in [-0.2, 0) is 14.6 Å². The molecule has 0 aliphatic heterocycles. The lowest BCUT2D eigenvalue weighted by Gasteiger charge is -2.11. The van der Waals surface area contributed by atoms with Crippen molar-refractivity contribution in [1.29, 1.82) is 0 Å². The van der Waals surface area contributed by atoms with Crippen molar-refractivity contribution in [2.45, 2.75) is 30.8 Å². The van der Waals surface area contributed by atoms with Crippen molar-refractivity contribution in [1.82, 2.24) is 9.55 Å². The van der Waals surface area contributed by atoms with Crippen LogP contribution in [0.4, 0.5) is 5.69 Å². The van der Waals surface area contributed by atoms with Gasteiger partial charge in [-0.3, -0.25) is 9.36 Å². The van der Waals surface area contributed by atoms with Crippen LogP contribution in [0, 0.1) is 13.8 Å². The Kier molecular flexibility index (Phi) is 6.44. The van der Waals surface area contributed by atoms with E-state index in [1.54, 1.807) is 25.3 Å². The van der Waals surface area contributed by atoms with Crippen molar-refractivity contribution >= 4 is 33.2 Å². The first kappa shape index (κ1) is 21.1. The molecule has 0 bridgehead atoms. The number of anilines is 1. The van der Waals surface area contributed by atoms with E-state index < -0.39 is 9.84 Å². The number of rotatable bonds is 7. The SMILES string of the molecule is CCS(=O)(=O)c1cccc(NC(=O)CSc2nccn2-c2cc(C)ccc2C)c1. The van der Waals surface area contributed by atoms with Crippen LogP contribution in [-0.4, -0.2) is 35.4 Å². The maximum atomic E-state index is 12.4. The number of hydrogen-bond acceptors (Lipinski definition) is 5. The Morgan fingerprint density at radius 2 is 1.97 bits per heavy atom. The zero-order valence-electron chi connectivity index (χ0n) is 16.5. The lowest BCUT2D eigenvalue weighted by molar-refractivity contribution is -0.113. The fraction of sp³-hybridized carbons (Fsp3) is 0.238. The predicted octanol–water partition coefficient (Wildman–Crippen LogP) is 4.01. The summed E-state index contributed by atoms with van der Waals surface area (Å²) in [6.07, 6.45) is 3.59. The number of sulfone groups is 1. The molecule has 3 aromatic rings. The number of aryl methyl sites for hydroxylation is 2. The average Bonchev–Trinajstić information content (AvgIpc) is 3.17. The summed E-state index contributed by atoms with van der Waals surface area (Å²) in [5, 5.41) is 3.48. The number of amides is 1. The molecule has 0 spiro atoms. The summed E-state index contributed by atoms with van der Waals surface area (Å²) >= 11 is 1.33. The van der Waals surface area contributed by atoms with Gasteiger partial charge in [-0.2, -0.15) is 0 Å². The molecule has 1 N–H and O–H groups in total. The second kappa shape index (κ2) is 8.84. The molecular formula is C21H23N3O3S2. The van der Waals surface area contributed by atoms with E-state index in [4.69, 9.17) is 0 Å². The Balaban J connectivity index is 1.69. The molecule has 3 rings (SSSR count). The third-order valence-corrected chi connectivity index (χ3v) is 7.12. The van der Waals surface area contributed by atoms with Crippen molar-refractivity contribution in [3.05, 3.63) is 66.0 Å². The monoisotopic (exact) mass is 429 g/mol. The number of benzene rings is 2. The first-order valence-electron chi connectivity index (χ1n) is 9.16. The second-order valence-electron chi connectivity index (χ2n) is 6.64. The smallest absolute Gasteiger partial charge is 0.234 e. The van der Waals surface area contributed by atoms with Gasteiger partial charge in [-0.1, -0.05) is 36.9 Å². The number of thioether (sulfide) groups is 1. The molecule has 1 heterocycles. The highest BCUT2D eigenvalue weighted by Gasteiger charge is 2.14. The molecule has 152 valence electrons. The minimum Gasteiger partial charge on any atom is -0.325 e. The van der Waals surface area contributed by atoms with E-state index in [9.17, 15) is 13.2 Å². The molecule has 0 aliphatic rings. The number of imidazole rings is 1. The van der Waals surface area contributed by atoms with E-state index in [0.29, 0.717) is 5.69 Å². The average molecular weight is 430 g/mol. The quantitative estimate of drug-likeness (QED) is 0.574. The van der Waals surface area contributed by atoms with Gasteiger partial charge < -0.3 is 5.32 Å². The maximum Gasteiger partial charge on any atom is 0.234 e. The van der Waals surface area contributed by atoms with Crippen LogP contribution in [0.15, 0.2) is 64.9 Å². The van der Waals surface area contributed by atoms with Crippen molar-refractivity contribution in [3.63, 3.8) is 0 Å². The van der Waals surface area contributed by atoms with Crippen molar-refractivity contribution in [2.24, 2.45) is 0 Å². The molecule has 0 saturated carbocycles. The molecule has 0 unspecified atom stereocenters. The Morgan fingerprint density at radius 1 is 1.17 bits per heavy atom. The summed E-state index contributed by atoms with van der Waals surface area (Å²) in [7, 11) is -3.32. The van der Waals surface area contributed by atoms with Gasteiger partial charge in [-0.15, -0.1) is 0 Å². The summed E-state index contributed by atoms with van der Waals surface area (Å²) in [6.45, 7) is 5.66. The van der Waals surface area contributed by atoms with E-state index in [-0.39, 0.29) is 22.3 Å². The molecule has 2 aromatic carbocycles. The predicted molar refractivity (Wildman–Crippen MR) is 117 cm³/mol. The van der Waals surface area contributed by atoms with Crippen LogP contribution in [0.3, 0.4) is 0 Å². The van der Waals surface area contributed by atoms with Crippen LogP contribution >= 0.6 is 11.8 Å². The molecule has 0 aliphatic carbocycles. The lowest BCUT2D eigenvalue weighted by Crippen LogP contribution is -2.15. The van der Waals surface area contributed by atoms with Gasteiger partial charge >= 0.3 is 0 Å². The third kappa shape index (κ3) is 5.07. The fourth-order valence-electron chi connectivity index (χ4n) is 2.82. The van der Waals surface area contributed by atoms with Gasteiger partial charge in [0.25, 0.3) is 0 Å². The van der Waals surface area contributed by atoms with Crippen molar-refractivity contribution in [2.75, 3.05) is 16.8 Å². The molecule has 29 heavy (non-hydrogen) atoms. The largest absolute Gasteiger partial charge is 0.325 e. The minimum absolute atomic E-state index is 0.0152. The summed E-state index contributed by atoms with van der Waals surface area (Å²) in [5.41, 5.74) is 3.76. The molecule has 8 heteroatoms. The standard InChI is InChI=1S/C21H23N3O3S2/c1-4-29(26,27)18-7-5-6-17(13-18)23-20(25)14-28-21-22-10-11-24(21)19-12-15(2)8-9-16(19)3/h5-13H,4,14H2,1-3H3,(H,23,25). The van der Waals surface area contributed by atoms with Crippen LogP contribution in [0.25, 0.3) is 5.69 Å². The van der Waals surface area contributed by atoms with E-state index in [1.165, 1.54) is 23.9 Å². The first-order valence-corrected chi connectivity index (χ1v) is 11.8. The Labute approximate surface area is 175 Å². The highest BCUT2D eigenvalue weighted by molar-refractivity contribution is 7.99. The van der Waals surface area contributed by atoms with Crippen LogP contribution in [0.1, 0.15) is 18.1 Å². The summed E-state index contributed by atoms with van der Waals surface area (Å²) in [4.78, 5) is 17.0. The van der Waals surface area contributed by atoms with Gasteiger partial charge in [0.15, 0.2) is 15.0 Å². The number of carbonyl (C=O) groups is 1. The molecule has 0 saturated heterocycles. The van der Waals surface area contributed by atoms with Crippen LogP contribution in [0.2, 0.25) is 0 Å². The number of nitrogens with zero attached hydrogens (tertiary/aromatic N) is 2. The fourth-order valence-corrected chi connectivity index (χ4v) is 4.51. The Bertz CT molecular complexity index is 1140. The normalized spacial score (nSPS) is 11.4. The van der Waals surface area contributed by atoms with Gasteiger partial charge in [0.2, 0.25) is 5.91 Å². The first-order chi connectivity index (χ1) is 13.8. The number of nitrogens with one attached hydrogen (secondary N) is 1. The minimum atomic E-state index is -3.32. The molecule has 0 radical (unpaired) electrons. The molecule has 6 nitrogen and oxygen atoms in total. The molecule has 0 atom stereocenters. The Hall–Kier alpha value is -2.58. The highest BCUT2D eigenvalue weighted by Crippen LogP contribution is 2.24. The lowest BCUT2D eigenvalue weighted by atomic mass is 10.1. The van der Waals surface area contributed by atoms with E-state index in [2.05, 4.69) is 28.5 Å². The topological polar surface area (TPSA) is 81.1 Å². The maximum absolute atomic E-state index is 12.4. The van der Waals surface area contributed by atoms with Crippen molar-refractivity contribution < 1.29 is 13.2 Å². The van der Waals surface area contributed by atoms with Gasteiger partial charge in [0, 0.05) is 18.1 Å². The molecule has 1 amide bonds. The third-order valence-electron chi connectivity index (χ3n) is 4.42. The van der Waals surface area contributed by atoms with Crippen LogP contribution in [0.5, 0.6) is 0 Å². The molecule has 1 aromatic heterocycles. The Morgan fingerprint density at radius 3 is 2.72 bits per heavy atom. The number of carbonyl (C=O) groups excluding carboxylic acids is 1. The summed E-state index contributed by atoms with van der Waals surface area (Å²) in [6, 6.07) is 12.5. The number of hydrogen-bond donors (Lipinski definition) is 1. The number of aromatic nitrogens is 2. The summed E-state index contributed by atoms with van der Waals surface area (Å²) in [5.74, 6) is -0.0509. The molecular weight excluding hydrogens is 406 g/mol. The molecule has 0 fully saturated rings. The zero-order valence-corrected chi connectivity index (χ0v) is 18.2.